The highest BCUT2D eigenvalue weighted by Crippen LogP contribution is 2.31. The Morgan fingerprint density at radius 1 is 1.29 bits per heavy atom. The number of amides is 2. The first kappa shape index (κ1) is 15.8. The van der Waals surface area contributed by atoms with E-state index in [2.05, 4.69) is 43.5 Å². The van der Waals surface area contributed by atoms with Gasteiger partial charge in [0.15, 0.2) is 0 Å². The monoisotopic (exact) mass is 289 g/mol. The van der Waals surface area contributed by atoms with Crippen molar-refractivity contribution in [2.24, 2.45) is 5.92 Å². The molecule has 2 N–H and O–H groups in total. The molecule has 21 heavy (non-hydrogen) atoms. The standard InChI is InChI=1S/C17H27N3O/c1-5-12(6-2)16(18-7-3)13-8-9-15-14(10-13)11-20(4)17(21)19-15/h8-10,12,16,18H,5-7,11H2,1-4H3,(H,19,21). The molecule has 1 aromatic carbocycles. The van der Waals surface area contributed by atoms with Crippen molar-refractivity contribution in [3.63, 3.8) is 0 Å². The average Bonchev–Trinajstić information content (AvgIpc) is 2.48. The molecule has 2 amide bonds. The molecule has 0 aromatic heterocycles. The highest BCUT2D eigenvalue weighted by atomic mass is 16.2. The summed E-state index contributed by atoms with van der Waals surface area (Å²) in [5, 5.41) is 6.56. The van der Waals surface area contributed by atoms with Gasteiger partial charge in [-0.25, -0.2) is 4.79 Å². The van der Waals surface area contributed by atoms with E-state index in [0.717, 1.165) is 12.2 Å². The van der Waals surface area contributed by atoms with E-state index in [4.69, 9.17) is 0 Å². The number of fused-ring (bicyclic) bond motifs is 1. The number of hydrogen-bond donors (Lipinski definition) is 2. The minimum Gasteiger partial charge on any atom is -0.323 e. The van der Waals surface area contributed by atoms with Crippen LogP contribution < -0.4 is 10.6 Å². The predicted octanol–water partition coefficient (Wildman–Crippen LogP) is 3.75. The molecule has 116 valence electrons. The van der Waals surface area contributed by atoms with Gasteiger partial charge in [0.05, 0.1) is 0 Å². The molecule has 4 nitrogen and oxygen atoms in total. The summed E-state index contributed by atoms with van der Waals surface area (Å²) in [7, 11) is 1.83. The number of nitrogens with zero attached hydrogens (tertiary/aromatic N) is 1. The maximum atomic E-state index is 11.7. The van der Waals surface area contributed by atoms with Crippen LogP contribution in [0.3, 0.4) is 0 Å². The second kappa shape index (κ2) is 6.94. The maximum Gasteiger partial charge on any atom is 0.321 e. The first-order valence-electron chi connectivity index (χ1n) is 7.98. The van der Waals surface area contributed by atoms with E-state index >= 15 is 0 Å². The Bertz CT molecular complexity index is 497. The number of urea groups is 1. The van der Waals surface area contributed by atoms with Crippen molar-refractivity contribution in [1.82, 2.24) is 10.2 Å². The molecule has 0 bridgehead atoms. The molecule has 1 heterocycles. The van der Waals surface area contributed by atoms with E-state index < -0.39 is 0 Å². The molecule has 0 fully saturated rings. The van der Waals surface area contributed by atoms with Crippen molar-refractivity contribution in [3.05, 3.63) is 29.3 Å². The molecule has 1 atom stereocenters. The predicted molar refractivity (Wildman–Crippen MR) is 87.4 cm³/mol. The van der Waals surface area contributed by atoms with E-state index in [-0.39, 0.29) is 6.03 Å². The molecule has 1 aliphatic rings. The Balaban J connectivity index is 2.30. The van der Waals surface area contributed by atoms with Crippen LogP contribution in [0.25, 0.3) is 0 Å². The number of nitrogens with one attached hydrogen (secondary N) is 2. The third-order valence-corrected chi connectivity index (χ3v) is 4.43. The van der Waals surface area contributed by atoms with E-state index in [0.29, 0.717) is 18.5 Å². The van der Waals surface area contributed by atoms with Crippen LogP contribution >= 0.6 is 0 Å². The second-order valence-electron chi connectivity index (χ2n) is 5.81. The molecule has 0 saturated heterocycles. The third kappa shape index (κ3) is 3.38. The van der Waals surface area contributed by atoms with E-state index in [1.54, 1.807) is 4.90 Å². The van der Waals surface area contributed by atoms with Crippen molar-refractivity contribution in [1.29, 1.82) is 0 Å². The second-order valence-corrected chi connectivity index (χ2v) is 5.81. The van der Waals surface area contributed by atoms with Crippen molar-refractivity contribution in [2.45, 2.75) is 46.2 Å². The molecule has 2 rings (SSSR count). The zero-order valence-corrected chi connectivity index (χ0v) is 13.6. The first-order chi connectivity index (χ1) is 10.1. The zero-order valence-electron chi connectivity index (χ0n) is 13.6. The van der Waals surface area contributed by atoms with Crippen LogP contribution in [0.5, 0.6) is 0 Å². The van der Waals surface area contributed by atoms with Crippen LogP contribution in [-0.2, 0) is 6.54 Å². The Morgan fingerprint density at radius 3 is 2.62 bits per heavy atom. The quantitative estimate of drug-likeness (QED) is 0.837. The Hall–Kier alpha value is -1.55. The van der Waals surface area contributed by atoms with E-state index in [9.17, 15) is 4.79 Å². The van der Waals surface area contributed by atoms with Gasteiger partial charge < -0.3 is 15.5 Å². The van der Waals surface area contributed by atoms with Gasteiger partial charge in [-0.3, -0.25) is 0 Å². The molecule has 4 heteroatoms. The van der Waals surface area contributed by atoms with Crippen molar-refractivity contribution in [3.8, 4) is 0 Å². The normalized spacial score (nSPS) is 15.9. The SMILES string of the molecule is CCNC(c1ccc2c(c1)CN(C)C(=O)N2)C(CC)CC. The molecule has 0 radical (unpaired) electrons. The van der Waals surface area contributed by atoms with Crippen LogP contribution in [-0.4, -0.2) is 24.5 Å². The minimum atomic E-state index is -0.0292. The number of carbonyl (C=O) groups is 1. The lowest BCUT2D eigenvalue weighted by Gasteiger charge is -2.30. The highest BCUT2D eigenvalue weighted by molar-refractivity contribution is 5.92. The van der Waals surface area contributed by atoms with E-state index in [1.807, 2.05) is 13.1 Å². The van der Waals surface area contributed by atoms with Gasteiger partial charge in [0.25, 0.3) is 0 Å². The fourth-order valence-electron chi connectivity index (χ4n) is 3.13. The maximum absolute atomic E-state index is 11.7. The number of benzene rings is 1. The summed E-state index contributed by atoms with van der Waals surface area (Å²) in [6.45, 7) is 8.31. The van der Waals surface area contributed by atoms with Gasteiger partial charge in [-0.2, -0.15) is 0 Å². The van der Waals surface area contributed by atoms with Crippen LogP contribution in [0.1, 0.15) is 50.8 Å². The summed E-state index contributed by atoms with van der Waals surface area (Å²) in [6.07, 6.45) is 2.34. The smallest absolute Gasteiger partial charge is 0.321 e. The van der Waals surface area contributed by atoms with Gasteiger partial charge in [0, 0.05) is 25.3 Å². The molecule has 1 unspecified atom stereocenters. The molecular formula is C17H27N3O. The van der Waals surface area contributed by atoms with Crippen molar-refractivity contribution >= 4 is 11.7 Å². The fourth-order valence-corrected chi connectivity index (χ4v) is 3.13. The summed E-state index contributed by atoms with van der Waals surface area (Å²) < 4.78 is 0. The Morgan fingerprint density at radius 2 is 2.00 bits per heavy atom. The molecule has 1 aliphatic heterocycles. The largest absolute Gasteiger partial charge is 0.323 e. The number of hydrogen-bond acceptors (Lipinski definition) is 2. The van der Waals surface area contributed by atoms with Crippen LogP contribution in [0, 0.1) is 5.92 Å². The van der Waals surface area contributed by atoms with Crippen molar-refractivity contribution in [2.75, 3.05) is 18.9 Å². The molecule has 0 aliphatic carbocycles. The summed E-state index contributed by atoms with van der Waals surface area (Å²) in [6, 6.07) is 6.80. The average molecular weight is 289 g/mol. The number of rotatable bonds is 6. The lowest BCUT2D eigenvalue weighted by Crippen LogP contribution is -2.35. The topological polar surface area (TPSA) is 44.4 Å². The van der Waals surface area contributed by atoms with E-state index in [1.165, 1.54) is 24.0 Å². The van der Waals surface area contributed by atoms with Gasteiger partial charge in [0.1, 0.15) is 0 Å². The third-order valence-electron chi connectivity index (χ3n) is 4.43. The first-order valence-corrected chi connectivity index (χ1v) is 7.98. The molecule has 0 saturated carbocycles. The molecule has 0 spiro atoms. The molecular weight excluding hydrogens is 262 g/mol. The zero-order chi connectivity index (χ0) is 15.4. The van der Waals surface area contributed by atoms with Crippen LogP contribution in [0.2, 0.25) is 0 Å². The van der Waals surface area contributed by atoms with Gasteiger partial charge in [-0.15, -0.1) is 0 Å². The summed E-state index contributed by atoms with van der Waals surface area (Å²) in [5.41, 5.74) is 3.47. The van der Waals surface area contributed by atoms with Gasteiger partial charge in [0.2, 0.25) is 0 Å². The lowest BCUT2D eigenvalue weighted by molar-refractivity contribution is 0.218. The molecule has 1 aromatic rings. The minimum absolute atomic E-state index is 0.0292. The Labute approximate surface area is 127 Å². The summed E-state index contributed by atoms with van der Waals surface area (Å²) in [5.74, 6) is 0.638. The lowest BCUT2D eigenvalue weighted by atomic mass is 9.87. The number of anilines is 1. The fraction of sp³-hybridized carbons (Fsp3) is 0.588. The summed E-state index contributed by atoms with van der Waals surface area (Å²) in [4.78, 5) is 13.4. The van der Waals surface area contributed by atoms with Crippen LogP contribution in [0.4, 0.5) is 10.5 Å². The summed E-state index contributed by atoms with van der Waals surface area (Å²) >= 11 is 0. The highest BCUT2D eigenvalue weighted by Gasteiger charge is 2.23. The van der Waals surface area contributed by atoms with Gasteiger partial charge >= 0.3 is 6.03 Å². The van der Waals surface area contributed by atoms with Crippen molar-refractivity contribution < 1.29 is 4.79 Å². The van der Waals surface area contributed by atoms with Gasteiger partial charge in [-0.05, 0) is 29.7 Å². The Kier molecular flexibility index (Phi) is 5.23. The van der Waals surface area contributed by atoms with Crippen LogP contribution in [0.15, 0.2) is 18.2 Å². The van der Waals surface area contributed by atoms with Gasteiger partial charge in [-0.1, -0.05) is 45.7 Å². The number of carbonyl (C=O) groups excluding carboxylic acids is 1.